The third kappa shape index (κ3) is 5.00. The molecule has 2 nitrogen and oxygen atoms in total. The molecule has 0 N–H and O–H groups in total. The second kappa shape index (κ2) is 7.31. The number of benzene rings is 1. The van der Waals surface area contributed by atoms with Gasteiger partial charge in [-0.05, 0) is 37.0 Å². The Morgan fingerprint density at radius 1 is 1.33 bits per heavy atom. The molecule has 0 atom stereocenters. The molecule has 96 valence electrons. The van der Waals surface area contributed by atoms with Gasteiger partial charge < -0.3 is 9.47 Å². The Balaban J connectivity index is 1.77. The molecule has 0 saturated heterocycles. The number of hydrogen-bond acceptors (Lipinski definition) is 2. The molecule has 0 bridgehead atoms. The SMILES string of the molecule is ClCCC#Cc1cccc(OCOCC2CC2)c1. The lowest BCUT2D eigenvalue weighted by molar-refractivity contribution is 0.00997. The lowest BCUT2D eigenvalue weighted by Gasteiger charge is -2.06. The van der Waals surface area contributed by atoms with Gasteiger partial charge in [0.25, 0.3) is 0 Å². The molecule has 0 unspecified atom stereocenters. The number of hydrogen-bond donors (Lipinski definition) is 0. The summed E-state index contributed by atoms with van der Waals surface area (Å²) in [5.74, 6) is 8.18. The predicted octanol–water partition coefficient (Wildman–Crippen LogP) is 3.43. The molecule has 2 rings (SSSR count). The van der Waals surface area contributed by atoms with Crippen LogP contribution < -0.4 is 4.74 Å². The van der Waals surface area contributed by atoms with E-state index >= 15 is 0 Å². The van der Waals surface area contributed by atoms with Crippen LogP contribution in [0, 0.1) is 17.8 Å². The Kier molecular flexibility index (Phi) is 5.38. The Labute approximate surface area is 113 Å². The average Bonchev–Trinajstić information content (AvgIpc) is 3.20. The highest BCUT2D eigenvalue weighted by molar-refractivity contribution is 6.18. The van der Waals surface area contributed by atoms with E-state index < -0.39 is 0 Å². The fraction of sp³-hybridized carbons (Fsp3) is 0.467. The van der Waals surface area contributed by atoms with Crippen LogP contribution in [0.25, 0.3) is 0 Å². The van der Waals surface area contributed by atoms with Gasteiger partial charge in [0.05, 0.1) is 6.61 Å². The number of rotatable bonds is 6. The molecular weight excluding hydrogens is 248 g/mol. The average molecular weight is 265 g/mol. The van der Waals surface area contributed by atoms with E-state index in [-0.39, 0.29) is 0 Å². The van der Waals surface area contributed by atoms with Crippen LogP contribution in [0.2, 0.25) is 0 Å². The van der Waals surface area contributed by atoms with E-state index in [1.54, 1.807) is 0 Å². The smallest absolute Gasteiger partial charge is 0.189 e. The standard InChI is InChI=1S/C15H17ClO2/c16-9-2-1-4-13-5-3-6-15(10-13)18-12-17-11-14-7-8-14/h3,5-6,10,14H,2,7-9,11-12H2. The highest BCUT2D eigenvalue weighted by Crippen LogP contribution is 2.28. The summed E-state index contributed by atoms with van der Waals surface area (Å²) in [6.45, 7) is 1.13. The van der Waals surface area contributed by atoms with Gasteiger partial charge in [-0.25, -0.2) is 0 Å². The summed E-state index contributed by atoms with van der Waals surface area (Å²) in [5.41, 5.74) is 0.944. The molecule has 3 heteroatoms. The topological polar surface area (TPSA) is 18.5 Å². The van der Waals surface area contributed by atoms with Crippen LogP contribution in [-0.4, -0.2) is 19.3 Å². The normalized spacial score (nSPS) is 13.8. The molecule has 1 fully saturated rings. The third-order valence-corrected chi connectivity index (χ3v) is 2.83. The second-order valence-corrected chi connectivity index (χ2v) is 4.72. The van der Waals surface area contributed by atoms with Crippen LogP contribution in [0.4, 0.5) is 0 Å². The zero-order valence-corrected chi connectivity index (χ0v) is 11.1. The maximum atomic E-state index is 5.57. The quantitative estimate of drug-likeness (QED) is 0.339. The molecule has 1 aromatic rings. The van der Waals surface area contributed by atoms with E-state index in [4.69, 9.17) is 21.1 Å². The summed E-state index contributed by atoms with van der Waals surface area (Å²) in [6, 6.07) is 7.72. The molecule has 1 aliphatic rings. The summed E-state index contributed by atoms with van der Waals surface area (Å²) < 4.78 is 10.9. The van der Waals surface area contributed by atoms with Crippen molar-refractivity contribution in [1.82, 2.24) is 0 Å². The molecular formula is C15H17ClO2. The fourth-order valence-electron chi connectivity index (χ4n) is 1.48. The summed E-state index contributed by atoms with van der Waals surface area (Å²) in [6.07, 6.45) is 3.30. The monoisotopic (exact) mass is 264 g/mol. The summed E-state index contributed by atoms with van der Waals surface area (Å²) in [4.78, 5) is 0. The predicted molar refractivity (Wildman–Crippen MR) is 72.8 cm³/mol. The molecule has 18 heavy (non-hydrogen) atoms. The molecule has 0 heterocycles. The largest absolute Gasteiger partial charge is 0.468 e. The molecule has 0 aliphatic heterocycles. The molecule has 0 spiro atoms. The van der Waals surface area contributed by atoms with E-state index in [0.29, 0.717) is 19.1 Å². The second-order valence-electron chi connectivity index (χ2n) is 4.34. The van der Waals surface area contributed by atoms with Gasteiger partial charge in [0.1, 0.15) is 5.75 Å². The Bertz CT molecular complexity index is 430. The van der Waals surface area contributed by atoms with Crippen molar-refractivity contribution in [3.8, 4) is 17.6 Å². The van der Waals surface area contributed by atoms with E-state index in [0.717, 1.165) is 23.8 Å². The minimum Gasteiger partial charge on any atom is -0.468 e. The van der Waals surface area contributed by atoms with E-state index in [9.17, 15) is 0 Å². The first-order valence-electron chi connectivity index (χ1n) is 6.24. The third-order valence-electron chi connectivity index (χ3n) is 2.65. The van der Waals surface area contributed by atoms with Gasteiger partial charge >= 0.3 is 0 Å². The molecule has 1 saturated carbocycles. The summed E-state index contributed by atoms with van der Waals surface area (Å²) in [7, 11) is 0. The van der Waals surface area contributed by atoms with Crippen LogP contribution in [0.1, 0.15) is 24.8 Å². The van der Waals surface area contributed by atoms with Crippen molar-refractivity contribution >= 4 is 11.6 Å². The van der Waals surface area contributed by atoms with Crippen molar-refractivity contribution in [3.63, 3.8) is 0 Å². The van der Waals surface area contributed by atoms with Gasteiger partial charge in [0.15, 0.2) is 6.79 Å². The first-order valence-corrected chi connectivity index (χ1v) is 6.77. The van der Waals surface area contributed by atoms with Crippen molar-refractivity contribution < 1.29 is 9.47 Å². The van der Waals surface area contributed by atoms with Crippen molar-refractivity contribution in [1.29, 1.82) is 0 Å². The number of alkyl halides is 1. The summed E-state index contributed by atoms with van der Waals surface area (Å²) >= 11 is 5.57. The van der Waals surface area contributed by atoms with Crippen molar-refractivity contribution in [2.24, 2.45) is 5.92 Å². The highest BCUT2D eigenvalue weighted by atomic mass is 35.5. The van der Waals surface area contributed by atoms with Gasteiger partial charge in [-0.3, -0.25) is 0 Å². The van der Waals surface area contributed by atoms with Crippen molar-refractivity contribution in [3.05, 3.63) is 29.8 Å². The van der Waals surface area contributed by atoms with Gasteiger partial charge in [-0.2, -0.15) is 0 Å². The van der Waals surface area contributed by atoms with Crippen molar-refractivity contribution in [2.45, 2.75) is 19.3 Å². The first-order chi connectivity index (χ1) is 8.88. The summed E-state index contributed by atoms with van der Waals surface area (Å²) in [5, 5.41) is 0. The van der Waals surface area contributed by atoms with E-state index in [1.807, 2.05) is 24.3 Å². The van der Waals surface area contributed by atoms with Crippen LogP contribution in [0.5, 0.6) is 5.75 Å². The van der Waals surface area contributed by atoms with Crippen LogP contribution >= 0.6 is 11.6 Å². The minimum absolute atomic E-state index is 0.315. The van der Waals surface area contributed by atoms with Gasteiger partial charge in [-0.15, -0.1) is 11.6 Å². The number of ether oxygens (including phenoxy) is 2. The molecule has 0 aromatic heterocycles. The first kappa shape index (κ1) is 13.3. The minimum atomic E-state index is 0.315. The molecule has 0 amide bonds. The van der Waals surface area contributed by atoms with Gasteiger partial charge in [-0.1, -0.05) is 17.9 Å². The maximum Gasteiger partial charge on any atom is 0.189 e. The van der Waals surface area contributed by atoms with Gasteiger partial charge in [0.2, 0.25) is 0 Å². The zero-order chi connectivity index (χ0) is 12.6. The van der Waals surface area contributed by atoms with Crippen LogP contribution in [0.3, 0.4) is 0 Å². The molecule has 0 radical (unpaired) electrons. The van der Waals surface area contributed by atoms with Crippen LogP contribution in [-0.2, 0) is 4.74 Å². The Hall–Kier alpha value is -1.17. The molecule has 1 aromatic carbocycles. The Morgan fingerprint density at radius 2 is 2.22 bits per heavy atom. The zero-order valence-electron chi connectivity index (χ0n) is 10.3. The van der Waals surface area contributed by atoms with Crippen molar-refractivity contribution in [2.75, 3.05) is 19.3 Å². The maximum absolute atomic E-state index is 5.57. The number of halogens is 1. The Morgan fingerprint density at radius 3 is 3.00 bits per heavy atom. The van der Waals surface area contributed by atoms with E-state index in [2.05, 4.69) is 11.8 Å². The van der Waals surface area contributed by atoms with Crippen LogP contribution in [0.15, 0.2) is 24.3 Å². The highest BCUT2D eigenvalue weighted by Gasteiger charge is 2.20. The van der Waals surface area contributed by atoms with Gasteiger partial charge in [0, 0.05) is 17.9 Å². The molecule has 1 aliphatic carbocycles. The lowest BCUT2D eigenvalue weighted by Crippen LogP contribution is -2.05. The lowest BCUT2D eigenvalue weighted by atomic mass is 10.2. The fourth-order valence-corrected chi connectivity index (χ4v) is 1.58. The van der Waals surface area contributed by atoms with E-state index in [1.165, 1.54) is 12.8 Å².